The quantitative estimate of drug-likeness (QED) is 0.716. The monoisotopic (exact) mass is 239 g/mol. The van der Waals surface area contributed by atoms with E-state index in [1.54, 1.807) is 6.07 Å². The first-order valence-electron chi connectivity index (χ1n) is 5.92. The molecule has 1 aromatic rings. The lowest BCUT2D eigenvalue weighted by Crippen LogP contribution is -2.09. The van der Waals surface area contributed by atoms with Crippen LogP contribution in [0.15, 0.2) is 18.2 Å². The molecule has 3 nitrogen and oxygen atoms in total. The van der Waals surface area contributed by atoms with Gasteiger partial charge in [0.15, 0.2) is 0 Å². The fourth-order valence-electron chi connectivity index (χ4n) is 1.66. The van der Waals surface area contributed by atoms with Crippen molar-refractivity contribution in [2.75, 3.05) is 11.9 Å². The average Bonchev–Trinajstić information content (AvgIpc) is 2.28. The molecule has 0 unspecified atom stereocenters. The minimum absolute atomic E-state index is 0.275. The fourth-order valence-corrected chi connectivity index (χ4v) is 1.66. The van der Waals surface area contributed by atoms with Crippen LogP contribution in [-0.4, -0.2) is 17.6 Å². The van der Waals surface area contributed by atoms with Crippen molar-refractivity contribution < 1.29 is 14.3 Å². The van der Waals surface area contributed by atoms with Crippen LogP contribution >= 0.6 is 0 Å². The molecule has 1 aromatic carbocycles. The number of hydrogen-bond donors (Lipinski definition) is 2. The van der Waals surface area contributed by atoms with Crippen LogP contribution in [0.3, 0.4) is 0 Å². The lowest BCUT2D eigenvalue weighted by Gasteiger charge is -2.09. The van der Waals surface area contributed by atoms with E-state index in [-0.39, 0.29) is 5.56 Å². The summed E-state index contributed by atoms with van der Waals surface area (Å²) in [5.74, 6) is -1.93. The third-order valence-corrected chi connectivity index (χ3v) is 2.57. The summed E-state index contributed by atoms with van der Waals surface area (Å²) in [6.45, 7) is 2.80. The van der Waals surface area contributed by atoms with Gasteiger partial charge in [0.05, 0.1) is 5.69 Å². The Hall–Kier alpha value is -1.58. The first-order chi connectivity index (χ1) is 8.16. The van der Waals surface area contributed by atoms with Gasteiger partial charge in [-0.3, -0.25) is 0 Å². The number of halogens is 1. The van der Waals surface area contributed by atoms with Gasteiger partial charge in [0.1, 0.15) is 11.4 Å². The van der Waals surface area contributed by atoms with E-state index in [2.05, 4.69) is 12.2 Å². The van der Waals surface area contributed by atoms with Crippen molar-refractivity contribution in [1.29, 1.82) is 0 Å². The fraction of sp³-hybridized carbons (Fsp3) is 0.462. The van der Waals surface area contributed by atoms with E-state index in [0.29, 0.717) is 12.2 Å². The predicted octanol–water partition coefficient (Wildman–Crippen LogP) is 3.52. The molecule has 0 radical (unpaired) electrons. The van der Waals surface area contributed by atoms with Crippen molar-refractivity contribution in [2.24, 2.45) is 0 Å². The molecule has 0 saturated carbocycles. The zero-order valence-electron chi connectivity index (χ0n) is 10.0. The Balaban J connectivity index is 2.58. The molecular formula is C13H18FNO2. The number of carbonyl (C=O) groups is 1. The summed E-state index contributed by atoms with van der Waals surface area (Å²) in [5.41, 5.74) is 0.0805. The van der Waals surface area contributed by atoms with E-state index in [9.17, 15) is 9.18 Å². The van der Waals surface area contributed by atoms with Crippen LogP contribution in [0.1, 0.15) is 43.0 Å². The summed E-state index contributed by atoms with van der Waals surface area (Å²) in [5, 5.41) is 11.9. The molecule has 0 amide bonds. The van der Waals surface area contributed by atoms with Crippen molar-refractivity contribution in [1.82, 2.24) is 0 Å². The molecule has 0 saturated heterocycles. The SMILES string of the molecule is CCCCCCNc1cccc(F)c1C(=O)O. The number of benzene rings is 1. The summed E-state index contributed by atoms with van der Waals surface area (Å²) in [6, 6.07) is 4.26. The topological polar surface area (TPSA) is 49.3 Å². The number of carboxylic acids is 1. The summed E-state index contributed by atoms with van der Waals surface area (Å²) < 4.78 is 13.3. The number of unbranched alkanes of at least 4 members (excludes halogenated alkanes) is 3. The third kappa shape index (κ3) is 4.06. The van der Waals surface area contributed by atoms with Crippen molar-refractivity contribution in [3.05, 3.63) is 29.6 Å². The highest BCUT2D eigenvalue weighted by Gasteiger charge is 2.14. The highest BCUT2D eigenvalue weighted by molar-refractivity contribution is 5.94. The summed E-state index contributed by atoms with van der Waals surface area (Å²) in [7, 11) is 0. The van der Waals surface area contributed by atoms with Crippen molar-refractivity contribution in [3.8, 4) is 0 Å². The van der Waals surface area contributed by atoms with Gasteiger partial charge >= 0.3 is 5.97 Å². The maximum absolute atomic E-state index is 13.3. The van der Waals surface area contributed by atoms with Gasteiger partial charge in [-0.05, 0) is 18.6 Å². The van der Waals surface area contributed by atoms with Crippen molar-refractivity contribution >= 4 is 11.7 Å². The van der Waals surface area contributed by atoms with Crippen LogP contribution in [0, 0.1) is 5.82 Å². The van der Waals surface area contributed by atoms with E-state index >= 15 is 0 Å². The number of rotatable bonds is 7. The van der Waals surface area contributed by atoms with E-state index in [4.69, 9.17) is 5.11 Å². The van der Waals surface area contributed by atoms with E-state index in [1.165, 1.54) is 6.07 Å². The molecule has 0 aromatic heterocycles. The summed E-state index contributed by atoms with van der Waals surface area (Å²) >= 11 is 0. The highest BCUT2D eigenvalue weighted by atomic mass is 19.1. The molecule has 0 spiro atoms. The largest absolute Gasteiger partial charge is 0.478 e. The minimum Gasteiger partial charge on any atom is -0.478 e. The Morgan fingerprint density at radius 3 is 2.76 bits per heavy atom. The second-order valence-corrected chi connectivity index (χ2v) is 3.95. The van der Waals surface area contributed by atoms with Crippen LogP contribution in [0.25, 0.3) is 0 Å². The van der Waals surface area contributed by atoms with Gasteiger partial charge in [0.2, 0.25) is 0 Å². The van der Waals surface area contributed by atoms with Crippen molar-refractivity contribution in [3.63, 3.8) is 0 Å². The van der Waals surface area contributed by atoms with Gasteiger partial charge in [0, 0.05) is 6.54 Å². The second-order valence-electron chi connectivity index (χ2n) is 3.95. The standard InChI is InChI=1S/C13H18FNO2/c1-2-3-4-5-9-15-11-8-6-7-10(14)12(11)13(16)17/h6-8,15H,2-5,9H2,1H3,(H,16,17). The lowest BCUT2D eigenvalue weighted by molar-refractivity contribution is 0.0693. The van der Waals surface area contributed by atoms with Gasteiger partial charge in [-0.25, -0.2) is 9.18 Å². The van der Waals surface area contributed by atoms with E-state index in [1.807, 2.05) is 0 Å². The molecule has 2 N–H and O–H groups in total. The van der Waals surface area contributed by atoms with Gasteiger partial charge in [-0.1, -0.05) is 32.3 Å². The summed E-state index contributed by atoms with van der Waals surface area (Å²) in [6.07, 6.45) is 4.38. The molecule has 0 fully saturated rings. The normalized spacial score (nSPS) is 10.2. The van der Waals surface area contributed by atoms with Gasteiger partial charge in [-0.2, -0.15) is 0 Å². The molecule has 0 aliphatic carbocycles. The molecule has 0 aliphatic rings. The number of aromatic carboxylic acids is 1. The Kier molecular flexibility index (Phi) is 5.46. The first-order valence-corrected chi connectivity index (χ1v) is 5.92. The number of anilines is 1. The molecule has 0 bridgehead atoms. The molecule has 17 heavy (non-hydrogen) atoms. The zero-order chi connectivity index (χ0) is 12.7. The van der Waals surface area contributed by atoms with E-state index < -0.39 is 11.8 Å². The van der Waals surface area contributed by atoms with Crippen LogP contribution in [-0.2, 0) is 0 Å². The number of nitrogens with one attached hydrogen (secondary N) is 1. The summed E-state index contributed by atoms with van der Waals surface area (Å²) in [4.78, 5) is 10.9. The van der Waals surface area contributed by atoms with Gasteiger partial charge in [-0.15, -0.1) is 0 Å². The maximum Gasteiger partial charge on any atom is 0.340 e. The molecule has 0 atom stereocenters. The Bertz CT molecular complexity index is 380. The van der Waals surface area contributed by atoms with Gasteiger partial charge in [0.25, 0.3) is 0 Å². The van der Waals surface area contributed by atoms with Crippen LogP contribution in [0.4, 0.5) is 10.1 Å². The number of hydrogen-bond acceptors (Lipinski definition) is 2. The predicted molar refractivity (Wildman–Crippen MR) is 66.0 cm³/mol. The van der Waals surface area contributed by atoms with Crippen LogP contribution < -0.4 is 5.32 Å². The molecule has 0 aliphatic heterocycles. The van der Waals surface area contributed by atoms with Crippen molar-refractivity contribution in [2.45, 2.75) is 32.6 Å². The zero-order valence-corrected chi connectivity index (χ0v) is 10.0. The average molecular weight is 239 g/mol. The molecular weight excluding hydrogens is 221 g/mol. The molecule has 0 heterocycles. The third-order valence-electron chi connectivity index (χ3n) is 2.57. The Labute approximate surface area is 101 Å². The first kappa shape index (κ1) is 13.5. The van der Waals surface area contributed by atoms with Crippen LogP contribution in [0.2, 0.25) is 0 Å². The van der Waals surface area contributed by atoms with Crippen LogP contribution in [0.5, 0.6) is 0 Å². The minimum atomic E-state index is -1.24. The Morgan fingerprint density at radius 2 is 2.12 bits per heavy atom. The Morgan fingerprint density at radius 1 is 1.35 bits per heavy atom. The number of carboxylic acid groups (broad SMARTS) is 1. The molecule has 1 rings (SSSR count). The molecule has 4 heteroatoms. The second kappa shape index (κ2) is 6.89. The van der Waals surface area contributed by atoms with E-state index in [0.717, 1.165) is 31.7 Å². The molecule has 94 valence electrons. The smallest absolute Gasteiger partial charge is 0.340 e. The van der Waals surface area contributed by atoms with Gasteiger partial charge < -0.3 is 10.4 Å². The highest BCUT2D eigenvalue weighted by Crippen LogP contribution is 2.19. The maximum atomic E-state index is 13.3. The lowest BCUT2D eigenvalue weighted by atomic mass is 10.1.